The highest BCUT2D eigenvalue weighted by atomic mass is 14.9. The van der Waals surface area contributed by atoms with Crippen LogP contribution < -0.4 is 5.73 Å². The number of hydrogen-bond acceptors (Lipinski definition) is 1. The van der Waals surface area contributed by atoms with Crippen molar-refractivity contribution in [3.63, 3.8) is 0 Å². The first-order valence-corrected chi connectivity index (χ1v) is 4.30. The number of nitrogen functional groups attached to an aromatic ring is 1. The SMILES string of the molecule is Nc1ccccc1Cn1cccc1. The largest absolute Gasteiger partial charge is 0.398 e. The highest BCUT2D eigenvalue weighted by Gasteiger charge is 1.96. The lowest BCUT2D eigenvalue weighted by molar-refractivity contribution is 0.808. The van der Waals surface area contributed by atoms with Crippen LogP contribution in [0.4, 0.5) is 5.69 Å². The van der Waals surface area contributed by atoms with E-state index >= 15 is 0 Å². The Kier molecular flexibility index (Phi) is 2.04. The molecule has 0 saturated carbocycles. The van der Waals surface area contributed by atoms with Gasteiger partial charge in [0.2, 0.25) is 0 Å². The van der Waals surface area contributed by atoms with E-state index in [1.165, 1.54) is 5.56 Å². The number of rotatable bonds is 2. The van der Waals surface area contributed by atoms with Crippen molar-refractivity contribution in [2.75, 3.05) is 5.73 Å². The lowest BCUT2D eigenvalue weighted by Crippen LogP contribution is -2.00. The zero-order valence-electron chi connectivity index (χ0n) is 7.35. The molecule has 1 heterocycles. The second-order valence-corrected chi connectivity index (χ2v) is 3.05. The van der Waals surface area contributed by atoms with Gasteiger partial charge in [-0.2, -0.15) is 0 Å². The summed E-state index contributed by atoms with van der Waals surface area (Å²) in [7, 11) is 0. The maximum Gasteiger partial charge on any atom is 0.0490 e. The third kappa shape index (κ3) is 1.72. The Balaban J connectivity index is 2.24. The van der Waals surface area contributed by atoms with E-state index in [9.17, 15) is 0 Å². The van der Waals surface area contributed by atoms with Gasteiger partial charge in [-0.15, -0.1) is 0 Å². The molecule has 0 saturated heterocycles. The van der Waals surface area contributed by atoms with Gasteiger partial charge in [0.05, 0.1) is 0 Å². The van der Waals surface area contributed by atoms with E-state index in [1.807, 2.05) is 42.7 Å². The summed E-state index contributed by atoms with van der Waals surface area (Å²) in [5, 5.41) is 0. The first-order chi connectivity index (χ1) is 6.36. The van der Waals surface area contributed by atoms with E-state index in [0.717, 1.165) is 12.2 Å². The van der Waals surface area contributed by atoms with Gasteiger partial charge in [0.15, 0.2) is 0 Å². The number of hydrogen-bond donors (Lipinski definition) is 1. The van der Waals surface area contributed by atoms with Crippen LogP contribution >= 0.6 is 0 Å². The molecule has 0 radical (unpaired) electrons. The quantitative estimate of drug-likeness (QED) is 0.691. The molecule has 2 rings (SSSR count). The number of anilines is 1. The molecule has 2 nitrogen and oxygen atoms in total. The highest BCUT2D eigenvalue weighted by molar-refractivity contribution is 5.46. The molecule has 0 bridgehead atoms. The monoisotopic (exact) mass is 172 g/mol. The molecule has 0 aliphatic rings. The molecule has 1 aromatic heterocycles. The predicted octanol–water partition coefficient (Wildman–Crippen LogP) is 2.12. The Morgan fingerprint density at radius 2 is 1.69 bits per heavy atom. The summed E-state index contributed by atoms with van der Waals surface area (Å²) >= 11 is 0. The number of nitrogens with two attached hydrogens (primary N) is 1. The number of aromatic nitrogens is 1. The zero-order chi connectivity index (χ0) is 9.10. The summed E-state index contributed by atoms with van der Waals surface area (Å²) in [4.78, 5) is 0. The fourth-order valence-electron chi connectivity index (χ4n) is 1.35. The second-order valence-electron chi connectivity index (χ2n) is 3.05. The van der Waals surface area contributed by atoms with Gasteiger partial charge < -0.3 is 10.3 Å². The summed E-state index contributed by atoms with van der Waals surface area (Å²) in [5.74, 6) is 0. The van der Waals surface area contributed by atoms with Crippen LogP contribution in [0.25, 0.3) is 0 Å². The minimum Gasteiger partial charge on any atom is -0.398 e. The minimum absolute atomic E-state index is 0.847. The molecule has 0 aliphatic carbocycles. The van der Waals surface area contributed by atoms with E-state index in [0.29, 0.717) is 0 Å². The van der Waals surface area contributed by atoms with Gasteiger partial charge in [0.25, 0.3) is 0 Å². The molecule has 0 amide bonds. The number of nitrogens with zero attached hydrogens (tertiary/aromatic N) is 1. The molecule has 13 heavy (non-hydrogen) atoms. The van der Waals surface area contributed by atoms with Crippen LogP contribution in [0.15, 0.2) is 48.8 Å². The molecular formula is C11H12N2. The lowest BCUT2D eigenvalue weighted by Gasteiger charge is -2.05. The van der Waals surface area contributed by atoms with Crippen LogP contribution in [0.5, 0.6) is 0 Å². The molecule has 0 aliphatic heterocycles. The third-order valence-electron chi connectivity index (χ3n) is 2.07. The van der Waals surface area contributed by atoms with Gasteiger partial charge in [-0.1, -0.05) is 18.2 Å². The first-order valence-electron chi connectivity index (χ1n) is 4.30. The zero-order valence-corrected chi connectivity index (χ0v) is 7.35. The molecule has 1 aromatic carbocycles. The number of benzene rings is 1. The van der Waals surface area contributed by atoms with Crippen LogP contribution in [-0.4, -0.2) is 4.57 Å². The van der Waals surface area contributed by atoms with Gasteiger partial charge in [-0.3, -0.25) is 0 Å². The van der Waals surface area contributed by atoms with E-state index in [2.05, 4.69) is 10.6 Å². The standard InChI is InChI=1S/C11H12N2/c12-11-6-2-1-5-10(11)9-13-7-3-4-8-13/h1-8H,9,12H2. The molecule has 0 atom stereocenters. The van der Waals surface area contributed by atoms with Crippen LogP contribution in [0, 0.1) is 0 Å². The van der Waals surface area contributed by atoms with E-state index < -0.39 is 0 Å². The molecule has 0 spiro atoms. The second kappa shape index (κ2) is 3.35. The van der Waals surface area contributed by atoms with Crippen molar-refractivity contribution in [1.82, 2.24) is 4.57 Å². The van der Waals surface area contributed by atoms with Gasteiger partial charge in [-0.05, 0) is 23.8 Å². The minimum atomic E-state index is 0.847. The van der Waals surface area contributed by atoms with E-state index in [4.69, 9.17) is 5.73 Å². The normalized spacial score (nSPS) is 10.2. The van der Waals surface area contributed by atoms with Gasteiger partial charge in [0, 0.05) is 24.6 Å². The topological polar surface area (TPSA) is 30.9 Å². The molecule has 2 heteroatoms. The Hall–Kier alpha value is -1.70. The summed E-state index contributed by atoms with van der Waals surface area (Å²) in [6.45, 7) is 0.847. The summed E-state index contributed by atoms with van der Waals surface area (Å²) < 4.78 is 2.10. The van der Waals surface area contributed by atoms with Crippen molar-refractivity contribution < 1.29 is 0 Å². The molecule has 2 N–H and O–H groups in total. The van der Waals surface area contributed by atoms with Crippen molar-refractivity contribution >= 4 is 5.69 Å². The molecule has 66 valence electrons. The highest BCUT2D eigenvalue weighted by Crippen LogP contribution is 2.11. The molecule has 2 aromatic rings. The predicted molar refractivity (Wildman–Crippen MR) is 54.4 cm³/mol. The van der Waals surface area contributed by atoms with Gasteiger partial charge >= 0.3 is 0 Å². The molecule has 0 fully saturated rings. The molecular weight excluding hydrogens is 160 g/mol. The maximum absolute atomic E-state index is 5.82. The Morgan fingerprint density at radius 3 is 2.38 bits per heavy atom. The fraction of sp³-hybridized carbons (Fsp3) is 0.0909. The fourth-order valence-corrected chi connectivity index (χ4v) is 1.35. The van der Waals surface area contributed by atoms with Crippen molar-refractivity contribution in [2.24, 2.45) is 0 Å². The summed E-state index contributed by atoms with van der Waals surface area (Å²) in [5.41, 5.74) is 7.85. The van der Waals surface area contributed by atoms with Crippen molar-refractivity contribution in [1.29, 1.82) is 0 Å². The Morgan fingerprint density at radius 1 is 1.00 bits per heavy atom. The van der Waals surface area contributed by atoms with Gasteiger partial charge in [0.1, 0.15) is 0 Å². The summed E-state index contributed by atoms with van der Waals surface area (Å²) in [6, 6.07) is 12.0. The van der Waals surface area contributed by atoms with Crippen LogP contribution in [0.2, 0.25) is 0 Å². The average molecular weight is 172 g/mol. The van der Waals surface area contributed by atoms with E-state index in [-0.39, 0.29) is 0 Å². The van der Waals surface area contributed by atoms with Crippen LogP contribution in [0.3, 0.4) is 0 Å². The summed E-state index contributed by atoms with van der Waals surface area (Å²) in [6.07, 6.45) is 4.07. The van der Waals surface area contributed by atoms with Gasteiger partial charge in [-0.25, -0.2) is 0 Å². The van der Waals surface area contributed by atoms with Crippen LogP contribution in [0.1, 0.15) is 5.56 Å². The number of para-hydroxylation sites is 1. The van der Waals surface area contributed by atoms with E-state index in [1.54, 1.807) is 0 Å². The van der Waals surface area contributed by atoms with Crippen LogP contribution in [-0.2, 0) is 6.54 Å². The van der Waals surface area contributed by atoms with Crippen molar-refractivity contribution in [3.05, 3.63) is 54.4 Å². The average Bonchev–Trinajstić information content (AvgIpc) is 2.61. The Bertz CT molecular complexity index is 377. The third-order valence-corrected chi connectivity index (χ3v) is 2.07. The maximum atomic E-state index is 5.82. The first kappa shape index (κ1) is 7.92. The lowest BCUT2D eigenvalue weighted by atomic mass is 10.2. The van der Waals surface area contributed by atoms with Crippen molar-refractivity contribution in [3.8, 4) is 0 Å². The Labute approximate surface area is 77.6 Å². The molecule has 0 unspecified atom stereocenters. The smallest absolute Gasteiger partial charge is 0.0490 e. The van der Waals surface area contributed by atoms with Crippen molar-refractivity contribution in [2.45, 2.75) is 6.54 Å².